The summed E-state index contributed by atoms with van der Waals surface area (Å²) in [5.41, 5.74) is 1.36. The summed E-state index contributed by atoms with van der Waals surface area (Å²) in [6, 6.07) is 3.93. The molecule has 1 aliphatic heterocycles. The highest BCUT2D eigenvalue weighted by molar-refractivity contribution is 14.0. The lowest BCUT2D eigenvalue weighted by Crippen LogP contribution is -2.40. The average molecular weight is 491 g/mol. The average Bonchev–Trinajstić information content (AvgIpc) is 2.99. The summed E-state index contributed by atoms with van der Waals surface area (Å²) in [5, 5.41) is 3.41. The Bertz CT molecular complexity index is 610. The van der Waals surface area contributed by atoms with Gasteiger partial charge in [-0.3, -0.25) is 0 Å². The van der Waals surface area contributed by atoms with E-state index in [1.807, 2.05) is 19.1 Å². The summed E-state index contributed by atoms with van der Waals surface area (Å²) in [4.78, 5) is 7.18. The summed E-state index contributed by atoms with van der Waals surface area (Å²) in [5.74, 6) is 2.94. The second kappa shape index (κ2) is 10.8. The molecule has 0 atom stereocenters. The largest absolute Gasteiger partial charge is 0.493 e. The summed E-state index contributed by atoms with van der Waals surface area (Å²) in [6.07, 6.45) is 1.18. The quantitative estimate of drug-likeness (QED) is 0.356. The molecule has 1 saturated heterocycles. The predicted octanol–water partition coefficient (Wildman–Crippen LogP) is 3.92. The fourth-order valence-electron chi connectivity index (χ4n) is 3.20. The number of methoxy groups -OCH3 is 2. The number of aliphatic imine (C=N–C) groups is 1. The van der Waals surface area contributed by atoms with Gasteiger partial charge in [-0.2, -0.15) is 0 Å². The predicted molar refractivity (Wildman–Crippen MR) is 121 cm³/mol. The van der Waals surface area contributed by atoms with Crippen molar-refractivity contribution in [1.29, 1.82) is 0 Å². The van der Waals surface area contributed by atoms with E-state index in [4.69, 9.17) is 19.2 Å². The van der Waals surface area contributed by atoms with E-state index in [0.29, 0.717) is 35.8 Å². The van der Waals surface area contributed by atoms with Gasteiger partial charge in [-0.25, -0.2) is 4.99 Å². The van der Waals surface area contributed by atoms with Gasteiger partial charge in [0.15, 0.2) is 17.5 Å². The maximum atomic E-state index is 5.67. The number of halogens is 1. The zero-order chi connectivity index (χ0) is 19.2. The Hall–Kier alpha value is -1.38. The monoisotopic (exact) mass is 491 g/mol. The van der Waals surface area contributed by atoms with Gasteiger partial charge in [0.25, 0.3) is 0 Å². The third kappa shape index (κ3) is 6.33. The van der Waals surface area contributed by atoms with E-state index < -0.39 is 0 Å². The normalized spacial score (nSPS) is 15.9. The molecule has 0 bridgehead atoms. The van der Waals surface area contributed by atoms with Crippen molar-refractivity contribution in [3.63, 3.8) is 0 Å². The number of rotatable bonds is 7. The van der Waals surface area contributed by atoms with Gasteiger partial charge >= 0.3 is 0 Å². The minimum absolute atomic E-state index is 0. The third-order valence-electron chi connectivity index (χ3n) is 4.53. The number of hydrogen-bond acceptors (Lipinski definition) is 4. The molecule has 0 saturated carbocycles. The molecule has 1 fully saturated rings. The van der Waals surface area contributed by atoms with Crippen molar-refractivity contribution in [2.45, 2.75) is 40.7 Å². The molecule has 2 rings (SSSR count). The molecule has 0 radical (unpaired) electrons. The second-order valence-electron chi connectivity index (χ2n) is 7.27. The summed E-state index contributed by atoms with van der Waals surface area (Å²) in [7, 11) is 3.28. The van der Waals surface area contributed by atoms with Crippen LogP contribution in [0.4, 0.5) is 0 Å². The van der Waals surface area contributed by atoms with E-state index in [0.717, 1.165) is 31.2 Å². The van der Waals surface area contributed by atoms with E-state index in [-0.39, 0.29) is 24.0 Å². The van der Waals surface area contributed by atoms with Crippen molar-refractivity contribution in [2.75, 3.05) is 40.5 Å². The number of guanidine groups is 1. The van der Waals surface area contributed by atoms with Crippen molar-refractivity contribution in [1.82, 2.24) is 10.2 Å². The van der Waals surface area contributed by atoms with Crippen LogP contribution in [0.15, 0.2) is 17.1 Å². The van der Waals surface area contributed by atoms with Crippen LogP contribution in [0, 0.1) is 5.41 Å². The van der Waals surface area contributed by atoms with Crippen molar-refractivity contribution in [3.8, 4) is 17.2 Å². The highest BCUT2D eigenvalue weighted by Crippen LogP contribution is 2.38. The molecule has 7 heteroatoms. The SMILES string of the molecule is CCNC(=NCc1cc(OC)c(OCC)c(OC)c1)N1CCC(C)(C)C1.I. The Balaban J connectivity index is 0.00000364. The summed E-state index contributed by atoms with van der Waals surface area (Å²) in [6.45, 7) is 12.7. The highest BCUT2D eigenvalue weighted by atomic mass is 127. The van der Waals surface area contributed by atoms with Crippen LogP contribution < -0.4 is 19.5 Å². The first-order valence-corrected chi connectivity index (χ1v) is 9.35. The standard InChI is InChI=1S/C20H33N3O3.HI/c1-7-21-19(23-10-9-20(3,4)14-23)22-13-15-11-16(24-5)18(26-8-2)17(12-15)25-6;/h11-12H,7-10,13-14H2,1-6H3,(H,21,22);1H. The first-order chi connectivity index (χ1) is 12.4. The molecule has 0 aromatic heterocycles. The maximum Gasteiger partial charge on any atom is 0.203 e. The zero-order valence-electron chi connectivity index (χ0n) is 17.4. The molecule has 0 aliphatic carbocycles. The molecule has 27 heavy (non-hydrogen) atoms. The number of benzene rings is 1. The van der Waals surface area contributed by atoms with Crippen LogP contribution in [0.3, 0.4) is 0 Å². The molecule has 1 aliphatic rings. The number of hydrogen-bond donors (Lipinski definition) is 1. The first kappa shape index (κ1) is 23.7. The van der Waals surface area contributed by atoms with Gasteiger partial charge in [-0.1, -0.05) is 13.8 Å². The van der Waals surface area contributed by atoms with Crippen LogP contribution in [0.5, 0.6) is 17.2 Å². The minimum Gasteiger partial charge on any atom is -0.493 e. The topological polar surface area (TPSA) is 55.3 Å². The molecule has 1 aromatic carbocycles. The lowest BCUT2D eigenvalue weighted by atomic mass is 9.93. The van der Waals surface area contributed by atoms with Crippen LogP contribution in [0.25, 0.3) is 0 Å². The van der Waals surface area contributed by atoms with E-state index in [2.05, 4.69) is 31.0 Å². The second-order valence-corrected chi connectivity index (χ2v) is 7.27. The maximum absolute atomic E-state index is 5.67. The van der Waals surface area contributed by atoms with Crippen LogP contribution in [-0.4, -0.2) is 51.3 Å². The molecule has 0 amide bonds. The van der Waals surface area contributed by atoms with Gasteiger partial charge in [-0.05, 0) is 43.4 Å². The Morgan fingerprint density at radius 2 is 1.81 bits per heavy atom. The van der Waals surface area contributed by atoms with Crippen LogP contribution in [-0.2, 0) is 6.54 Å². The van der Waals surface area contributed by atoms with Gasteiger partial charge in [0.2, 0.25) is 5.75 Å². The van der Waals surface area contributed by atoms with Crippen LogP contribution in [0.2, 0.25) is 0 Å². The molecular formula is C20H34IN3O3. The van der Waals surface area contributed by atoms with Crippen molar-refractivity contribution >= 4 is 29.9 Å². The molecule has 1 N–H and O–H groups in total. The molecule has 154 valence electrons. The molecule has 0 spiro atoms. The fraction of sp³-hybridized carbons (Fsp3) is 0.650. The van der Waals surface area contributed by atoms with E-state index in [1.54, 1.807) is 14.2 Å². The van der Waals surface area contributed by atoms with E-state index in [1.165, 1.54) is 6.42 Å². The number of nitrogens with zero attached hydrogens (tertiary/aromatic N) is 2. The number of likely N-dealkylation sites (tertiary alicyclic amines) is 1. The smallest absolute Gasteiger partial charge is 0.203 e. The van der Waals surface area contributed by atoms with Gasteiger partial charge < -0.3 is 24.4 Å². The molecule has 1 aromatic rings. The van der Waals surface area contributed by atoms with Crippen molar-refractivity contribution < 1.29 is 14.2 Å². The Morgan fingerprint density at radius 1 is 1.19 bits per heavy atom. The van der Waals surface area contributed by atoms with Gasteiger partial charge in [0.1, 0.15) is 0 Å². The lowest BCUT2D eigenvalue weighted by Gasteiger charge is -2.23. The van der Waals surface area contributed by atoms with Crippen LogP contribution in [0.1, 0.15) is 39.7 Å². The number of ether oxygens (including phenoxy) is 3. The van der Waals surface area contributed by atoms with Gasteiger partial charge in [-0.15, -0.1) is 24.0 Å². The Morgan fingerprint density at radius 3 is 2.26 bits per heavy atom. The van der Waals surface area contributed by atoms with E-state index in [9.17, 15) is 0 Å². The Labute approximate surface area is 180 Å². The van der Waals surface area contributed by atoms with Crippen LogP contribution >= 0.6 is 24.0 Å². The molecule has 0 unspecified atom stereocenters. The lowest BCUT2D eigenvalue weighted by molar-refractivity contribution is 0.288. The fourth-order valence-corrected chi connectivity index (χ4v) is 3.20. The minimum atomic E-state index is 0. The van der Waals surface area contributed by atoms with Gasteiger partial charge in [0.05, 0.1) is 27.4 Å². The highest BCUT2D eigenvalue weighted by Gasteiger charge is 2.30. The molecule has 6 nitrogen and oxygen atoms in total. The van der Waals surface area contributed by atoms with Crippen molar-refractivity contribution in [3.05, 3.63) is 17.7 Å². The first-order valence-electron chi connectivity index (χ1n) is 9.35. The van der Waals surface area contributed by atoms with Crippen molar-refractivity contribution in [2.24, 2.45) is 10.4 Å². The zero-order valence-corrected chi connectivity index (χ0v) is 19.8. The van der Waals surface area contributed by atoms with Gasteiger partial charge in [0, 0.05) is 19.6 Å². The summed E-state index contributed by atoms with van der Waals surface area (Å²) < 4.78 is 16.6. The van der Waals surface area contributed by atoms with E-state index >= 15 is 0 Å². The summed E-state index contributed by atoms with van der Waals surface area (Å²) >= 11 is 0. The molecular weight excluding hydrogens is 457 g/mol. The third-order valence-corrected chi connectivity index (χ3v) is 4.53. The molecule has 1 heterocycles. The Kier molecular flexibility index (Phi) is 9.49. The number of nitrogens with one attached hydrogen (secondary N) is 1.